The van der Waals surface area contributed by atoms with Gasteiger partial charge in [0.2, 0.25) is 11.9 Å². The maximum absolute atomic E-state index is 12.3. The van der Waals surface area contributed by atoms with E-state index in [1.165, 1.54) is 0 Å². The standard InChI is InChI=1S/C18H29N5O.2ClH/c1-4-9-14(19)17(24)21-18-20-15-10-7-8-11-16(15)23(18)13-12-22(5-2)6-3;;/h7-8,10-11,14H,4-6,9,12-13,19H2,1-3H3,(H,20,21,24);2*1H. The average molecular weight is 404 g/mol. The van der Waals surface area contributed by atoms with E-state index in [1.807, 2.05) is 31.2 Å². The van der Waals surface area contributed by atoms with Crippen molar-refractivity contribution < 1.29 is 4.79 Å². The molecule has 1 atom stereocenters. The fraction of sp³-hybridized carbons (Fsp3) is 0.556. The van der Waals surface area contributed by atoms with Crippen molar-refractivity contribution in [3.63, 3.8) is 0 Å². The Bertz CT molecular complexity index is 673. The largest absolute Gasteiger partial charge is 0.320 e. The van der Waals surface area contributed by atoms with Crippen molar-refractivity contribution in [2.75, 3.05) is 25.0 Å². The van der Waals surface area contributed by atoms with Gasteiger partial charge < -0.3 is 15.2 Å². The summed E-state index contributed by atoms with van der Waals surface area (Å²) in [6.45, 7) is 10.0. The molecule has 26 heavy (non-hydrogen) atoms. The number of nitrogens with two attached hydrogens (primary N) is 1. The quantitative estimate of drug-likeness (QED) is 0.673. The molecule has 8 heteroatoms. The van der Waals surface area contributed by atoms with E-state index in [-0.39, 0.29) is 30.7 Å². The van der Waals surface area contributed by atoms with E-state index < -0.39 is 6.04 Å². The molecule has 0 aliphatic carbocycles. The van der Waals surface area contributed by atoms with Crippen molar-refractivity contribution >= 4 is 47.7 Å². The lowest BCUT2D eigenvalue weighted by molar-refractivity contribution is -0.117. The number of carbonyl (C=O) groups is 1. The molecule has 0 saturated heterocycles. The Balaban J connectivity index is 0.00000312. The molecule has 0 radical (unpaired) electrons. The first-order valence-corrected chi connectivity index (χ1v) is 8.84. The van der Waals surface area contributed by atoms with Crippen molar-refractivity contribution in [1.29, 1.82) is 0 Å². The summed E-state index contributed by atoms with van der Waals surface area (Å²) in [5, 5.41) is 2.91. The third-order valence-electron chi connectivity index (χ3n) is 4.36. The number of para-hydroxylation sites is 2. The van der Waals surface area contributed by atoms with Crippen LogP contribution in [0.5, 0.6) is 0 Å². The van der Waals surface area contributed by atoms with Crippen molar-refractivity contribution in [2.45, 2.75) is 46.2 Å². The first-order chi connectivity index (χ1) is 11.6. The van der Waals surface area contributed by atoms with E-state index in [9.17, 15) is 4.79 Å². The lowest BCUT2D eigenvalue weighted by Gasteiger charge is -2.19. The molecule has 0 fully saturated rings. The van der Waals surface area contributed by atoms with Crippen molar-refractivity contribution in [3.8, 4) is 0 Å². The van der Waals surface area contributed by atoms with Gasteiger partial charge in [-0.15, -0.1) is 24.8 Å². The predicted molar refractivity (Wildman–Crippen MR) is 114 cm³/mol. The maximum Gasteiger partial charge on any atom is 0.243 e. The minimum absolute atomic E-state index is 0. The van der Waals surface area contributed by atoms with E-state index in [0.29, 0.717) is 12.4 Å². The van der Waals surface area contributed by atoms with Crippen LogP contribution in [-0.4, -0.2) is 46.0 Å². The van der Waals surface area contributed by atoms with Gasteiger partial charge in [0.25, 0.3) is 0 Å². The summed E-state index contributed by atoms with van der Waals surface area (Å²) >= 11 is 0. The molecule has 1 amide bonds. The van der Waals surface area contributed by atoms with Crippen LogP contribution in [0.2, 0.25) is 0 Å². The Morgan fingerprint density at radius 3 is 2.50 bits per heavy atom. The van der Waals surface area contributed by atoms with Gasteiger partial charge >= 0.3 is 0 Å². The number of fused-ring (bicyclic) bond motifs is 1. The van der Waals surface area contributed by atoms with Crippen molar-refractivity contribution in [2.24, 2.45) is 5.73 Å². The van der Waals surface area contributed by atoms with Crippen LogP contribution >= 0.6 is 24.8 Å². The number of benzene rings is 1. The minimum atomic E-state index is -0.494. The number of hydrogen-bond donors (Lipinski definition) is 2. The summed E-state index contributed by atoms with van der Waals surface area (Å²) in [6.07, 6.45) is 1.55. The molecule has 1 aromatic heterocycles. The monoisotopic (exact) mass is 403 g/mol. The number of carbonyl (C=O) groups excluding carboxylic acids is 1. The number of halogens is 2. The molecule has 1 heterocycles. The molecule has 2 aromatic rings. The fourth-order valence-electron chi connectivity index (χ4n) is 2.82. The molecule has 148 valence electrons. The van der Waals surface area contributed by atoms with E-state index in [4.69, 9.17) is 5.73 Å². The highest BCUT2D eigenvalue weighted by Gasteiger charge is 2.17. The first-order valence-electron chi connectivity index (χ1n) is 8.84. The fourth-order valence-corrected chi connectivity index (χ4v) is 2.82. The van der Waals surface area contributed by atoms with Crippen LogP contribution < -0.4 is 11.1 Å². The van der Waals surface area contributed by atoms with Gasteiger partial charge in [-0.05, 0) is 31.6 Å². The van der Waals surface area contributed by atoms with E-state index in [1.54, 1.807) is 0 Å². The smallest absolute Gasteiger partial charge is 0.243 e. The van der Waals surface area contributed by atoms with Gasteiger partial charge in [-0.3, -0.25) is 10.1 Å². The van der Waals surface area contributed by atoms with Gasteiger partial charge in [-0.25, -0.2) is 4.98 Å². The van der Waals surface area contributed by atoms with Crippen LogP contribution in [-0.2, 0) is 11.3 Å². The average Bonchev–Trinajstić information content (AvgIpc) is 2.93. The van der Waals surface area contributed by atoms with Crippen LogP contribution in [0, 0.1) is 0 Å². The summed E-state index contributed by atoms with van der Waals surface area (Å²) in [6, 6.07) is 7.45. The molecule has 6 nitrogen and oxygen atoms in total. The zero-order valence-electron chi connectivity index (χ0n) is 15.8. The third kappa shape index (κ3) is 6.13. The molecule has 0 aliphatic heterocycles. The Morgan fingerprint density at radius 1 is 1.23 bits per heavy atom. The number of aromatic nitrogens is 2. The topological polar surface area (TPSA) is 76.2 Å². The molecule has 0 aliphatic rings. The second-order valence-corrected chi connectivity index (χ2v) is 5.99. The van der Waals surface area contributed by atoms with E-state index >= 15 is 0 Å². The van der Waals surface area contributed by atoms with E-state index in [2.05, 4.69) is 33.6 Å². The van der Waals surface area contributed by atoms with Crippen LogP contribution in [0.25, 0.3) is 11.0 Å². The molecule has 3 N–H and O–H groups in total. The third-order valence-corrected chi connectivity index (χ3v) is 4.36. The zero-order chi connectivity index (χ0) is 17.5. The van der Waals surface area contributed by atoms with Crippen LogP contribution in [0.1, 0.15) is 33.6 Å². The molecule has 2 rings (SSSR count). The van der Waals surface area contributed by atoms with Gasteiger partial charge in [-0.1, -0.05) is 39.3 Å². The number of rotatable bonds is 9. The lowest BCUT2D eigenvalue weighted by atomic mass is 10.2. The number of likely N-dealkylation sites (N-methyl/N-ethyl adjacent to an activating group) is 1. The van der Waals surface area contributed by atoms with Gasteiger partial charge in [-0.2, -0.15) is 0 Å². The van der Waals surface area contributed by atoms with E-state index in [0.717, 1.165) is 43.6 Å². The second kappa shape index (κ2) is 12.1. The summed E-state index contributed by atoms with van der Waals surface area (Å²) < 4.78 is 2.07. The SMILES string of the molecule is CCCC(N)C(=O)Nc1nc2ccccc2n1CCN(CC)CC.Cl.Cl. The lowest BCUT2D eigenvalue weighted by Crippen LogP contribution is -2.36. The Kier molecular flexibility index (Phi) is 11.5. The van der Waals surface area contributed by atoms with Gasteiger partial charge in [0, 0.05) is 13.1 Å². The number of amides is 1. The van der Waals surface area contributed by atoms with Gasteiger partial charge in [0.15, 0.2) is 0 Å². The Morgan fingerprint density at radius 2 is 1.88 bits per heavy atom. The Hall–Kier alpha value is -1.34. The van der Waals surface area contributed by atoms with Crippen LogP contribution in [0.4, 0.5) is 5.95 Å². The first kappa shape index (κ1) is 24.7. The minimum Gasteiger partial charge on any atom is -0.320 e. The summed E-state index contributed by atoms with van der Waals surface area (Å²) in [5.74, 6) is 0.413. The van der Waals surface area contributed by atoms with Crippen LogP contribution in [0.15, 0.2) is 24.3 Å². The maximum atomic E-state index is 12.3. The number of nitrogens with one attached hydrogen (secondary N) is 1. The summed E-state index contributed by atoms with van der Waals surface area (Å²) in [5.41, 5.74) is 7.84. The second-order valence-electron chi connectivity index (χ2n) is 5.99. The predicted octanol–water partition coefficient (Wildman–Crippen LogP) is 3.29. The summed E-state index contributed by atoms with van der Waals surface area (Å²) in [7, 11) is 0. The number of hydrogen-bond acceptors (Lipinski definition) is 4. The Labute approximate surface area is 168 Å². The number of nitrogens with zero attached hydrogens (tertiary/aromatic N) is 3. The molecule has 1 unspecified atom stereocenters. The van der Waals surface area contributed by atoms with Crippen LogP contribution in [0.3, 0.4) is 0 Å². The highest BCUT2D eigenvalue weighted by atomic mass is 35.5. The molecule has 1 aromatic carbocycles. The van der Waals surface area contributed by atoms with Crippen molar-refractivity contribution in [3.05, 3.63) is 24.3 Å². The normalized spacial score (nSPS) is 11.7. The van der Waals surface area contributed by atoms with Crippen molar-refractivity contribution in [1.82, 2.24) is 14.5 Å². The zero-order valence-corrected chi connectivity index (χ0v) is 17.4. The number of imidazole rings is 1. The summed E-state index contributed by atoms with van der Waals surface area (Å²) in [4.78, 5) is 19.2. The molecule has 0 spiro atoms. The molecular formula is C18H31Cl2N5O. The van der Waals surface area contributed by atoms with Gasteiger partial charge in [0.05, 0.1) is 17.1 Å². The highest BCUT2D eigenvalue weighted by Crippen LogP contribution is 2.20. The number of anilines is 1. The highest BCUT2D eigenvalue weighted by molar-refractivity contribution is 5.95. The molecule has 0 bridgehead atoms. The molecule has 0 saturated carbocycles. The molecular weight excluding hydrogens is 373 g/mol. The van der Waals surface area contributed by atoms with Gasteiger partial charge in [0.1, 0.15) is 0 Å².